The third-order valence-electron chi connectivity index (χ3n) is 8.09. The van der Waals surface area contributed by atoms with E-state index < -0.39 is 48.9 Å². The van der Waals surface area contributed by atoms with Gasteiger partial charge in [-0.2, -0.15) is 0 Å². The molecule has 0 aromatic heterocycles. The molecule has 54 heavy (non-hydrogen) atoms. The fraction of sp³-hybridized carbons (Fsp3) is 0.286. The quantitative estimate of drug-likeness (QED) is 0.0473. The van der Waals surface area contributed by atoms with Gasteiger partial charge in [-0.1, -0.05) is 103 Å². The van der Waals surface area contributed by atoms with Gasteiger partial charge in [0.2, 0.25) is 0 Å². The lowest BCUT2D eigenvalue weighted by molar-refractivity contribution is -0.159. The highest BCUT2D eigenvalue weighted by molar-refractivity contribution is 6.09. The Morgan fingerprint density at radius 2 is 0.833 bits per heavy atom. The smallest absolute Gasteiger partial charge is 0.332 e. The number of ether oxygens (including phenoxy) is 6. The number of carbonyl (C=O) groups excluding carboxylic acids is 6. The van der Waals surface area contributed by atoms with Gasteiger partial charge in [0.05, 0.1) is 25.0 Å². The minimum absolute atomic E-state index is 0.0401. The van der Waals surface area contributed by atoms with E-state index in [1.54, 1.807) is 111 Å². The maximum Gasteiger partial charge on any atom is 0.332 e. The van der Waals surface area contributed by atoms with Gasteiger partial charge < -0.3 is 28.4 Å². The second-order valence-electron chi connectivity index (χ2n) is 12.0. The Morgan fingerprint density at radius 3 is 1.33 bits per heavy atom. The van der Waals surface area contributed by atoms with Gasteiger partial charge in [-0.3, -0.25) is 19.2 Å². The van der Waals surface area contributed by atoms with Crippen LogP contribution in [0.1, 0.15) is 68.7 Å². The molecule has 2 atom stereocenters. The van der Waals surface area contributed by atoms with E-state index in [1.807, 2.05) is 12.1 Å². The van der Waals surface area contributed by atoms with E-state index in [0.29, 0.717) is 33.4 Å². The molecule has 12 heteroatoms. The van der Waals surface area contributed by atoms with Gasteiger partial charge in [0, 0.05) is 22.3 Å². The number of esters is 4. The fourth-order valence-electron chi connectivity index (χ4n) is 5.01. The van der Waals surface area contributed by atoms with Crippen LogP contribution in [-0.2, 0) is 47.6 Å². The van der Waals surface area contributed by atoms with Crippen LogP contribution in [0.25, 0.3) is 0 Å². The molecule has 0 saturated heterocycles. The molecule has 0 heterocycles. The first-order valence-corrected chi connectivity index (χ1v) is 17.3. The molecule has 4 aromatic carbocycles. The lowest BCUT2D eigenvalue weighted by Crippen LogP contribution is -2.22. The molecule has 0 aliphatic carbocycles. The first kappa shape index (κ1) is 40.8. The van der Waals surface area contributed by atoms with E-state index in [0.717, 1.165) is 0 Å². The standard InChI is InChI=1S/C42H42O12/c1-29(31-16-18-34(19-17-31)39(45)32-10-5-3-6-11-32)41(47)53-22-20-49-27-37(43)51-24-25-52-38(44)28-50-21-23-54-42(48)30(2)35-14-9-15-36(26-35)40(46)33-12-7-4-8-13-33/h3-19,26,29-30H,20-25,27-28H2,1-2H3. The van der Waals surface area contributed by atoms with Crippen molar-refractivity contribution in [1.82, 2.24) is 0 Å². The minimum atomic E-state index is -0.699. The van der Waals surface area contributed by atoms with Crippen LogP contribution in [0.2, 0.25) is 0 Å². The van der Waals surface area contributed by atoms with Crippen molar-refractivity contribution >= 4 is 35.4 Å². The molecular formula is C42H42O12. The summed E-state index contributed by atoms with van der Waals surface area (Å²) in [5.74, 6) is -3.86. The number of hydrogen-bond acceptors (Lipinski definition) is 12. The van der Waals surface area contributed by atoms with Gasteiger partial charge in [-0.05, 0) is 31.0 Å². The number of hydrogen-bond donors (Lipinski definition) is 0. The molecule has 2 unspecified atom stereocenters. The van der Waals surface area contributed by atoms with Gasteiger partial charge in [0.25, 0.3) is 0 Å². The monoisotopic (exact) mass is 738 g/mol. The Bertz CT molecular complexity index is 1860. The molecule has 4 rings (SSSR count). The maximum atomic E-state index is 12.8. The van der Waals surface area contributed by atoms with Crippen LogP contribution in [0.4, 0.5) is 0 Å². The first-order chi connectivity index (χ1) is 26.1. The first-order valence-electron chi connectivity index (χ1n) is 17.3. The Hall–Kier alpha value is -5.98. The Kier molecular flexibility index (Phi) is 16.3. The van der Waals surface area contributed by atoms with E-state index in [1.165, 1.54) is 0 Å². The Morgan fingerprint density at radius 1 is 0.426 bits per heavy atom. The summed E-state index contributed by atoms with van der Waals surface area (Å²) in [6.45, 7) is 1.89. The van der Waals surface area contributed by atoms with Crippen molar-refractivity contribution in [2.45, 2.75) is 25.7 Å². The summed E-state index contributed by atoms with van der Waals surface area (Å²) in [6.07, 6.45) is 0. The molecule has 0 aliphatic rings. The van der Waals surface area contributed by atoms with Crippen molar-refractivity contribution in [2.24, 2.45) is 0 Å². The maximum absolute atomic E-state index is 12.8. The molecule has 0 fully saturated rings. The number of benzene rings is 4. The fourth-order valence-corrected chi connectivity index (χ4v) is 5.01. The summed E-state index contributed by atoms with van der Waals surface area (Å²) >= 11 is 0. The topological polar surface area (TPSA) is 158 Å². The van der Waals surface area contributed by atoms with Gasteiger partial charge in [0.15, 0.2) is 11.6 Å². The van der Waals surface area contributed by atoms with Crippen molar-refractivity contribution in [1.29, 1.82) is 0 Å². The summed E-state index contributed by atoms with van der Waals surface area (Å²) in [4.78, 5) is 74.1. The average Bonchev–Trinajstić information content (AvgIpc) is 3.21. The highest BCUT2D eigenvalue weighted by atomic mass is 16.6. The van der Waals surface area contributed by atoms with E-state index in [4.69, 9.17) is 28.4 Å². The average molecular weight is 739 g/mol. The molecule has 12 nitrogen and oxygen atoms in total. The highest BCUT2D eigenvalue weighted by Gasteiger charge is 2.20. The number of ketones is 2. The van der Waals surface area contributed by atoms with Gasteiger partial charge in [-0.15, -0.1) is 0 Å². The molecule has 282 valence electrons. The van der Waals surface area contributed by atoms with Gasteiger partial charge >= 0.3 is 23.9 Å². The van der Waals surface area contributed by atoms with Crippen LogP contribution in [0.15, 0.2) is 109 Å². The van der Waals surface area contributed by atoms with Crippen molar-refractivity contribution in [3.05, 3.63) is 143 Å². The summed E-state index contributed by atoms with van der Waals surface area (Å²) < 4.78 is 30.8. The third-order valence-corrected chi connectivity index (χ3v) is 8.09. The van der Waals surface area contributed by atoms with Crippen LogP contribution < -0.4 is 0 Å². The molecule has 0 amide bonds. The van der Waals surface area contributed by atoms with Crippen molar-refractivity contribution in [2.75, 3.05) is 52.9 Å². The number of carbonyl (C=O) groups is 6. The zero-order chi connectivity index (χ0) is 38.7. The summed E-state index contributed by atoms with van der Waals surface area (Å²) in [5, 5.41) is 0. The molecule has 4 aromatic rings. The van der Waals surface area contributed by atoms with Crippen molar-refractivity contribution in [3.8, 4) is 0 Å². The Balaban J connectivity index is 0.999. The van der Waals surface area contributed by atoms with Crippen LogP contribution in [0.3, 0.4) is 0 Å². The molecular weight excluding hydrogens is 696 g/mol. The molecule has 0 radical (unpaired) electrons. The second-order valence-corrected chi connectivity index (χ2v) is 12.0. The third kappa shape index (κ3) is 12.9. The lowest BCUT2D eigenvalue weighted by Gasteiger charge is -2.13. The largest absolute Gasteiger partial charge is 0.463 e. The van der Waals surface area contributed by atoms with Crippen LogP contribution in [0.5, 0.6) is 0 Å². The van der Waals surface area contributed by atoms with Gasteiger partial charge in [-0.25, -0.2) is 9.59 Å². The van der Waals surface area contributed by atoms with E-state index in [2.05, 4.69) is 0 Å². The molecule has 0 aliphatic heterocycles. The summed E-state index contributed by atoms with van der Waals surface area (Å²) in [7, 11) is 0. The van der Waals surface area contributed by atoms with E-state index in [-0.39, 0.29) is 51.2 Å². The highest BCUT2D eigenvalue weighted by Crippen LogP contribution is 2.21. The number of rotatable bonds is 21. The van der Waals surface area contributed by atoms with Crippen LogP contribution >= 0.6 is 0 Å². The summed E-state index contributed by atoms with van der Waals surface area (Å²) in [5.41, 5.74) is 3.41. The molecule has 0 saturated carbocycles. The predicted octanol–water partition coefficient (Wildman–Crippen LogP) is 5.26. The normalized spacial score (nSPS) is 11.8. The molecule has 0 spiro atoms. The second kappa shape index (κ2) is 21.5. The summed E-state index contributed by atoms with van der Waals surface area (Å²) in [6, 6.07) is 31.3. The minimum Gasteiger partial charge on any atom is -0.463 e. The zero-order valence-electron chi connectivity index (χ0n) is 30.1. The molecule has 0 N–H and O–H groups in total. The Labute approximate surface area is 313 Å². The molecule has 0 bridgehead atoms. The van der Waals surface area contributed by atoms with Crippen LogP contribution in [0, 0.1) is 0 Å². The SMILES string of the molecule is CC(C(=O)OCCOCC(=O)OCCOC(=O)COCCOC(=O)C(C)c1cccc(C(=O)c2ccccc2)c1)c1ccc(C(=O)c2ccccc2)cc1. The van der Waals surface area contributed by atoms with E-state index in [9.17, 15) is 28.8 Å². The predicted molar refractivity (Wildman–Crippen MR) is 195 cm³/mol. The lowest BCUT2D eigenvalue weighted by atomic mass is 9.96. The van der Waals surface area contributed by atoms with Crippen LogP contribution in [-0.4, -0.2) is 88.3 Å². The van der Waals surface area contributed by atoms with Gasteiger partial charge in [0.1, 0.15) is 39.6 Å². The zero-order valence-corrected chi connectivity index (χ0v) is 30.1. The van der Waals surface area contributed by atoms with Crippen molar-refractivity contribution in [3.63, 3.8) is 0 Å². The van der Waals surface area contributed by atoms with E-state index >= 15 is 0 Å². The van der Waals surface area contributed by atoms with Crippen molar-refractivity contribution < 1.29 is 57.2 Å².